The molecule has 0 aliphatic heterocycles. The number of ether oxygens (including phenoxy) is 1. The van der Waals surface area contributed by atoms with E-state index in [0.29, 0.717) is 19.6 Å². The average Bonchev–Trinajstić information content (AvgIpc) is 2.45. The van der Waals surface area contributed by atoms with Crippen LogP contribution in [0, 0.1) is 13.8 Å². The molecule has 130 valence electrons. The number of nitrogens with one attached hydrogen (secondary N) is 1. The topological polar surface area (TPSA) is 75.7 Å². The molecule has 6 nitrogen and oxygen atoms in total. The Morgan fingerprint density at radius 3 is 2.35 bits per heavy atom. The molecule has 0 radical (unpaired) electrons. The van der Waals surface area contributed by atoms with Crippen LogP contribution in [0.25, 0.3) is 0 Å². The fourth-order valence-electron chi connectivity index (χ4n) is 2.27. The van der Waals surface area contributed by atoms with Gasteiger partial charge >= 0.3 is 0 Å². The Balaban J connectivity index is 2.61. The van der Waals surface area contributed by atoms with Crippen molar-refractivity contribution in [1.82, 2.24) is 4.31 Å². The second kappa shape index (κ2) is 9.00. The minimum absolute atomic E-state index is 0.119. The van der Waals surface area contributed by atoms with Crippen LogP contribution < -0.4 is 5.32 Å². The van der Waals surface area contributed by atoms with Crippen molar-refractivity contribution in [3.63, 3.8) is 0 Å². The second-order valence-corrected chi connectivity index (χ2v) is 7.56. The zero-order chi connectivity index (χ0) is 17.5. The highest BCUT2D eigenvalue weighted by Gasteiger charge is 2.17. The number of hydrogen-bond donors (Lipinski definition) is 1. The Labute approximate surface area is 138 Å². The number of aryl methyl sites for hydroxylation is 2. The fraction of sp³-hybridized carbons (Fsp3) is 0.562. The first-order valence-corrected chi connectivity index (χ1v) is 9.40. The number of hydrogen-bond acceptors (Lipinski definition) is 4. The van der Waals surface area contributed by atoms with E-state index >= 15 is 0 Å². The fourth-order valence-corrected chi connectivity index (χ4v) is 3.15. The molecule has 23 heavy (non-hydrogen) atoms. The van der Waals surface area contributed by atoms with Crippen molar-refractivity contribution >= 4 is 21.6 Å². The molecule has 0 fully saturated rings. The first kappa shape index (κ1) is 19.6. The molecule has 1 N–H and O–H groups in total. The molecule has 0 saturated heterocycles. The SMILES string of the molecule is COCCCN(CCC(=O)Nc1c(C)cccc1C)S(C)(=O)=O. The average molecular weight is 342 g/mol. The molecule has 0 aliphatic carbocycles. The summed E-state index contributed by atoms with van der Waals surface area (Å²) in [4.78, 5) is 12.1. The maximum absolute atomic E-state index is 12.1. The molecule has 7 heteroatoms. The van der Waals surface area contributed by atoms with Gasteiger partial charge in [-0.05, 0) is 31.4 Å². The molecule has 1 rings (SSSR count). The maximum atomic E-state index is 12.1. The van der Waals surface area contributed by atoms with Crippen molar-refractivity contribution in [3.8, 4) is 0 Å². The van der Waals surface area contributed by atoms with Gasteiger partial charge in [-0.3, -0.25) is 4.79 Å². The van der Waals surface area contributed by atoms with Crippen LogP contribution in [0.4, 0.5) is 5.69 Å². The van der Waals surface area contributed by atoms with Crippen molar-refractivity contribution in [1.29, 1.82) is 0 Å². The highest BCUT2D eigenvalue weighted by Crippen LogP contribution is 2.19. The third-order valence-corrected chi connectivity index (χ3v) is 4.86. The van der Waals surface area contributed by atoms with Gasteiger partial charge in [0.15, 0.2) is 0 Å². The van der Waals surface area contributed by atoms with Crippen molar-refractivity contribution in [2.24, 2.45) is 0 Å². The number of para-hydroxylation sites is 1. The molecule has 1 aromatic rings. The predicted molar refractivity (Wildman–Crippen MR) is 92.1 cm³/mol. The number of rotatable bonds is 9. The smallest absolute Gasteiger partial charge is 0.225 e. The van der Waals surface area contributed by atoms with E-state index in [9.17, 15) is 13.2 Å². The van der Waals surface area contributed by atoms with E-state index in [-0.39, 0.29) is 18.9 Å². The summed E-state index contributed by atoms with van der Waals surface area (Å²) in [7, 11) is -1.76. The lowest BCUT2D eigenvalue weighted by Crippen LogP contribution is -2.34. The third kappa shape index (κ3) is 6.68. The number of nitrogens with zero attached hydrogens (tertiary/aromatic N) is 1. The Bertz CT molecular complexity index is 609. The van der Waals surface area contributed by atoms with Gasteiger partial charge in [-0.1, -0.05) is 18.2 Å². The summed E-state index contributed by atoms with van der Waals surface area (Å²) in [6.07, 6.45) is 1.87. The van der Waals surface area contributed by atoms with Crippen molar-refractivity contribution < 1.29 is 17.9 Å². The first-order valence-electron chi connectivity index (χ1n) is 7.56. The van der Waals surface area contributed by atoms with Gasteiger partial charge in [-0.2, -0.15) is 0 Å². The summed E-state index contributed by atoms with van der Waals surface area (Å²) in [5.74, 6) is -0.192. The molecule has 0 atom stereocenters. The number of anilines is 1. The number of methoxy groups -OCH3 is 1. The van der Waals surface area contributed by atoms with Crippen LogP contribution in [-0.2, 0) is 19.6 Å². The molecular weight excluding hydrogens is 316 g/mol. The summed E-state index contributed by atoms with van der Waals surface area (Å²) in [5, 5.41) is 2.87. The summed E-state index contributed by atoms with van der Waals surface area (Å²) in [6.45, 7) is 4.86. The lowest BCUT2D eigenvalue weighted by atomic mass is 10.1. The highest BCUT2D eigenvalue weighted by atomic mass is 32.2. The number of amides is 1. The van der Waals surface area contributed by atoms with Crippen molar-refractivity contribution in [2.75, 3.05) is 38.4 Å². The molecule has 0 unspecified atom stereocenters. The number of sulfonamides is 1. The molecular formula is C16H26N2O4S. The van der Waals surface area contributed by atoms with Crippen LogP contribution >= 0.6 is 0 Å². The van der Waals surface area contributed by atoms with E-state index in [1.807, 2.05) is 32.0 Å². The Morgan fingerprint density at radius 2 is 1.83 bits per heavy atom. The van der Waals surface area contributed by atoms with Crippen molar-refractivity contribution in [2.45, 2.75) is 26.7 Å². The van der Waals surface area contributed by atoms with E-state index in [1.54, 1.807) is 7.11 Å². The van der Waals surface area contributed by atoms with Crippen LogP contribution in [0.2, 0.25) is 0 Å². The van der Waals surface area contributed by atoms with E-state index in [0.717, 1.165) is 23.1 Å². The highest BCUT2D eigenvalue weighted by molar-refractivity contribution is 7.88. The predicted octanol–water partition coefficient (Wildman–Crippen LogP) is 1.93. The van der Waals surface area contributed by atoms with Crippen molar-refractivity contribution in [3.05, 3.63) is 29.3 Å². The molecule has 0 aromatic heterocycles. The molecule has 0 saturated carbocycles. The minimum atomic E-state index is -3.33. The maximum Gasteiger partial charge on any atom is 0.225 e. The van der Waals surface area contributed by atoms with E-state index < -0.39 is 10.0 Å². The van der Waals surface area contributed by atoms with Gasteiger partial charge in [0, 0.05) is 38.9 Å². The lowest BCUT2D eigenvalue weighted by Gasteiger charge is -2.20. The van der Waals surface area contributed by atoms with Gasteiger partial charge in [-0.25, -0.2) is 12.7 Å². The molecule has 0 spiro atoms. The monoisotopic (exact) mass is 342 g/mol. The van der Waals surface area contributed by atoms with Crippen LogP contribution in [-0.4, -0.2) is 51.7 Å². The standard InChI is InChI=1S/C16H26N2O4S/c1-13-7-5-8-14(2)16(13)17-15(19)9-11-18(23(4,20)21)10-6-12-22-3/h5,7-8H,6,9-12H2,1-4H3,(H,17,19). The Morgan fingerprint density at radius 1 is 1.22 bits per heavy atom. The van der Waals surface area contributed by atoms with Gasteiger partial charge in [0.05, 0.1) is 6.26 Å². The number of benzene rings is 1. The van der Waals surface area contributed by atoms with Gasteiger partial charge in [-0.15, -0.1) is 0 Å². The third-order valence-electron chi connectivity index (χ3n) is 3.56. The first-order chi connectivity index (χ1) is 10.8. The van der Waals surface area contributed by atoms with Gasteiger partial charge in [0.1, 0.15) is 0 Å². The largest absolute Gasteiger partial charge is 0.385 e. The zero-order valence-corrected chi connectivity index (χ0v) is 15.1. The summed E-state index contributed by atoms with van der Waals surface area (Å²) >= 11 is 0. The lowest BCUT2D eigenvalue weighted by molar-refractivity contribution is -0.116. The molecule has 0 heterocycles. The summed E-state index contributed by atoms with van der Waals surface area (Å²) in [5.41, 5.74) is 2.76. The minimum Gasteiger partial charge on any atom is -0.385 e. The summed E-state index contributed by atoms with van der Waals surface area (Å²) < 4.78 is 29.8. The Hall–Kier alpha value is -1.44. The van der Waals surface area contributed by atoms with Crippen LogP contribution in [0.15, 0.2) is 18.2 Å². The van der Waals surface area contributed by atoms with Gasteiger partial charge in [0.25, 0.3) is 0 Å². The van der Waals surface area contributed by atoms with Gasteiger partial charge < -0.3 is 10.1 Å². The molecule has 1 amide bonds. The zero-order valence-electron chi connectivity index (χ0n) is 14.3. The van der Waals surface area contributed by atoms with E-state index in [1.165, 1.54) is 4.31 Å². The normalized spacial score (nSPS) is 11.7. The molecule has 0 aliphatic rings. The number of carbonyl (C=O) groups is 1. The van der Waals surface area contributed by atoms with Gasteiger partial charge in [0.2, 0.25) is 15.9 Å². The number of carbonyl (C=O) groups excluding carboxylic acids is 1. The van der Waals surface area contributed by atoms with Crippen LogP contribution in [0.3, 0.4) is 0 Å². The molecule has 0 bridgehead atoms. The van der Waals surface area contributed by atoms with E-state index in [2.05, 4.69) is 5.32 Å². The molecule has 1 aromatic carbocycles. The van der Waals surface area contributed by atoms with Crippen LogP contribution in [0.1, 0.15) is 24.0 Å². The van der Waals surface area contributed by atoms with Crippen LogP contribution in [0.5, 0.6) is 0 Å². The quantitative estimate of drug-likeness (QED) is 0.696. The Kier molecular flexibility index (Phi) is 7.67. The summed E-state index contributed by atoms with van der Waals surface area (Å²) in [6, 6.07) is 5.79. The van der Waals surface area contributed by atoms with E-state index in [4.69, 9.17) is 4.74 Å². The second-order valence-electron chi connectivity index (χ2n) is 5.57.